The molecule has 3 aromatic heterocycles. The fourth-order valence-corrected chi connectivity index (χ4v) is 6.30. The number of anilines is 1. The van der Waals surface area contributed by atoms with Gasteiger partial charge in [-0.2, -0.15) is 10.2 Å². The third-order valence-electron chi connectivity index (χ3n) is 8.43. The zero-order valence-corrected chi connectivity index (χ0v) is 25.4. The van der Waals surface area contributed by atoms with Gasteiger partial charge < -0.3 is 14.9 Å². The first kappa shape index (κ1) is 28.8. The molecule has 0 unspecified atom stereocenters. The Morgan fingerprint density at radius 2 is 1.82 bits per heavy atom. The van der Waals surface area contributed by atoms with Crippen LogP contribution >= 0.6 is 0 Å². The van der Waals surface area contributed by atoms with E-state index < -0.39 is 11.8 Å². The molecule has 5 aromatic rings. The Morgan fingerprint density at radius 1 is 1.07 bits per heavy atom. The van der Waals surface area contributed by atoms with Gasteiger partial charge >= 0.3 is 11.8 Å². The molecular weight excluding hydrogens is 554 g/mol. The summed E-state index contributed by atoms with van der Waals surface area (Å²) in [6.45, 7) is 10.8. The van der Waals surface area contributed by atoms with Gasteiger partial charge in [-0.15, -0.1) is 0 Å². The van der Waals surface area contributed by atoms with Crippen LogP contribution in [0, 0.1) is 25.2 Å². The highest BCUT2D eigenvalue weighted by Gasteiger charge is 2.31. The normalized spacial score (nSPS) is 15.2. The van der Waals surface area contributed by atoms with Crippen molar-refractivity contribution in [3.05, 3.63) is 87.6 Å². The Morgan fingerprint density at radius 3 is 2.50 bits per heavy atom. The third-order valence-corrected chi connectivity index (χ3v) is 8.43. The topological polar surface area (TPSA) is 128 Å². The van der Waals surface area contributed by atoms with E-state index in [9.17, 15) is 20.0 Å². The van der Waals surface area contributed by atoms with E-state index in [1.807, 2.05) is 82.0 Å². The number of aryl methyl sites for hydroxylation is 2. The van der Waals surface area contributed by atoms with E-state index in [1.165, 1.54) is 9.47 Å². The van der Waals surface area contributed by atoms with Crippen LogP contribution in [0.15, 0.2) is 59.5 Å². The molecule has 1 saturated heterocycles. The van der Waals surface area contributed by atoms with Crippen molar-refractivity contribution in [3.8, 4) is 23.0 Å². The summed E-state index contributed by atoms with van der Waals surface area (Å²) >= 11 is 0. The molecule has 2 aromatic carbocycles. The van der Waals surface area contributed by atoms with Crippen LogP contribution in [-0.2, 0) is 0 Å². The molecule has 0 aliphatic carbocycles. The van der Waals surface area contributed by atoms with Crippen LogP contribution in [-0.4, -0.2) is 61.3 Å². The summed E-state index contributed by atoms with van der Waals surface area (Å²) in [5.41, 5.74) is 4.73. The van der Waals surface area contributed by atoms with Crippen LogP contribution < -0.4 is 10.6 Å². The minimum absolute atomic E-state index is 0.00853. The van der Waals surface area contributed by atoms with Crippen molar-refractivity contribution in [2.75, 3.05) is 24.5 Å². The van der Waals surface area contributed by atoms with Gasteiger partial charge in [0.1, 0.15) is 11.9 Å². The molecule has 1 aliphatic heterocycles. The summed E-state index contributed by atoms with van der Waals surface area (Å²) < 4.78 is 1.53. The fraction of sp³-hybridized carbons (Fsp3) is 0.294. The van der Waals surface area contributed by atoms with Crippen molar-refractivity contribution in [2.45, 2.75) is 46.6 Å². The molecule has 10 heteroatoms. The van der Waals surface area contributed by atoms with Crippen LogP contribution in [0.4, 0.5) is 10.6 Å². The van der Waals surface area contributed by atoms with Crippen LogP contribution in [0.3, 0.4) is 0 Å². The van der Waals surface area contributed by atoms with E-state index >= 15 is 0 Å². The largest absolute Gasteiger partial charge is 0.465 e. The van der Waals surface area contributed by atoms with E-state index in [4.69, 9.17) is 4.98 Å². The summed E-state index contributed by atoms with van der Waals surface area (Å²) in [4.78, 5) is 43.5. The minimum atomic E-state index is -0.985. The smallest absolute Gasteiger partial charge is 0.407 e. The highest BCUT2D eigenvalue weighted by molar-refractivity contribution is 6.01. The molecule has 44 heavy (non-hydrogen) atoms. The number of nitriles is 1. The van der Waals surface area contributed by atoms with Gasteiger partial charge in [-0.1, -0.05) is 50.2 Å². The van der Waals surface area contributed by atoms with Crippen molar-refractivity contribution in [1.29, 1.82) is 5.26 Å². The molecule has 1 N–H and O–H groups in total. The van der Waals surface area contributed by atoms with Crippen molar-refractivity contribution < 1.29 is 9.90 Å². The lowest BCUT2D eigenvalue weighted by atomic mass is 9.95. The van der Waals surface area contributed by atoms with Crippen LogP contribution in [0.5, 0.6) is 0 Å². The molecule has 0 spiro atoms. The number of carboxylic acid groups (broad SMARTS) is 1. The number of piperazine rings is 1. The Hall–Kier alpha value is -5.30. The SMILES string of the molecule is Cc1ccnc(C(C)C)c1-n1c(=O)nc(N2CCN(C(=O)O)C[C@@H]2C)c2cc(C#N)c(-c3cccc4cccc(C)c34)nc21. The Balaban J connectivity index is 1.72. The summed E-state index contributed by atoms with van der Waals surface area (Å²) in [5.74, 6) is 0.394. The Kier molecular flexibility index (Phi) is 7.25. The molecule has 222 valence electrons. The zero-order valence-electron chi connectivity index (χ0n) is 25.4. The Labute approximate surface area is 254 Å². The van der Waals surface area contributed by atoms with Crippen LogP contribution in [0.25, 0.3) is 38.8 Å². The quantitative estimate of drug-likeness (QED) is 0.280. The number of hydrogen-bond donors (Lipinski definition) is 1. The van der Waals surface area contributed by atoms with E-state index in [0.29, 0.717) is 40.3 Å². The van der Waals surface area contributed by atoms with Gasteiger partial charge in [0.2, 0.25) is 0 Å². The molecular formula is C34H33N7O3. The van der Waals surface area contributed by atoms with Crippen molar-refractivity contribution >= 4 is 33.7 Å². The van der Waals surface area contributed by atoms with Crippen LogP contribution in [0.1, 0.15) is 49.1 Å². The highest BCUT2D eigenvalue weighted by atomic mass is 16.4. The monoisotopic (exact) mass is 587 g/mol. The molecule has 1 amide bonds. The maximum absolute atomic E-state index is 14.2. The van der Waals surface area contributed by atoms with Gasteiger partial charge in [0.05, 0.1) is 28.0 Å². The second kappa shape index (κ2) is 11.1. The number of benzene rings is 2. The molecule has 0 saturated carbocycles. The molecule has 0 bridgehead atoms. The van der Waals surface area contributed by atoms with Gasteiger partial charge in [0.25, 0.3) is 0 Å². The summed E-state index contributed by atoms with van der Waals surface area (Å²) in [5, 5.41) is 22.6. The molecule has 10 nitrogen and oxygen atoms in total. The summed E-state index contributed by atoms with van der Waals surface area (Å²) in [6, 6.07) is 17.7. The van der Waals surface area contributed by atoms with Crippen molar-refractivity contribution in [1.82, 2.24) is 24.4 Å². The lowest BCUT2D eigenvalue weighted by Gasteiger charge is -2.39. The first-order valence-electron chi connectivity index (χ1n) is 14.7. The number of aromatic nitrogens is 4. The third kappa shape index (κ3) is 4.71. The lowest BCUT2D eigenvalue weighted by molar-refractivity contribution is 0.136. The molecule has 1 atom stereocenters. The number of nitrogens with zero attached hydrogens (tertiary/aromatic N) is 7. The van der Waals surface area contributed by atoms with Crippen molar-refractivity contribution in [2.24, 2.45) is 0 Å². The Bertz CT molecular complexity index is 2060. The number of amides is 1. The number of hydrogen-bond acceptors (Lipinski definition) is 7. The van der Waals surface area contributed by atoms with E-state index in [1.54, 1.807) is 12.3 Å². The van der Waals surface area contributed by atoms with Gasteiger partial charge in [0.15, 0.2) is 5.65 Å². The number of rotatable bonds is 4. The summed E-state index contributed by atoms with van der Waals surface area (Å²) in [6.07, 6.45) is 0.750. The molecule has 1 aliphatic rings. The predicted molar refractivity (Wildman–Crippen MR) is 171 cm³/mol. The molecule has 0 radical (unpaired) electrons. The van der Waals surface area contributed by atoms with E-state index in [-0.39, 0.29) is 25.0 Å². The van der Waals surface area contributed by atoms with Gasteiger partial charge in [-0.3, -0.25) is 4.98 Å². The number of pyridine rings is 2. The van der Waals surface area contributed by atoms with Gasteiger partial charge in [-0.25, -0.2) is 19.1 Å². The van der Waals surface area contributed by atoms with Gasteiger partial charge in [-0.05, 0) is 60.7 Å². The average Bonchev–Trinajstić information content (AvgIpc) is 3.00. The molecule has 4 heterocycles. The predicted octanol–water partition coefficient (Wildman–Crippen LogP) is 5.80. The fourth-order valence-electron chi connectivity index (χ4n) is 6.30. The molecule has 1 fully saturated rings. The maximum atomic E-state index is 14.2. The van der Waals surface area contributed by atoms with Gasteiger partial charge in [0, 0.05) is 37.4 Å². The first-order chi connectivity index (χ1) is 21.1. The number of carbonyl (C=O) groups is 1. The lowest BCUT2D eigenvalue weighted by Crippen LogP contribution is -2.54. The van der Waals surface area contributed by atoms with E-state index in [2.05, 4.69) is 16.0 Å². The standard InChI is InChI=1S/C34H33N7O3/c1-19(2)28-30(21(4)12-13-36-28)41-32-26(31(38-33(41)42)40-15-14-39(34(43)44)18-22(40)5)16-24(17-35)29(37-32)25-11-7-10-23-9-6-8-20(3)27(23)25/h6-13,16,19,22H,14-15,18H2,1-5H3,(H,43,44)/t22-/m0/s1. The number of fused-ring (bicyclic) bond motifs is 2. The first-order valence-corrected chi connectivity index (χ1v) is 14.7. The second-order valence-corrected chi connectivity index (χ2v) is 11.7. The minimum Gasteiger partial charge on any atom is -0.465 e. The summed E-state index contributed by atoms with van der Waals surface area (Å²) in [7, 11) is 0. The zero-order chi connectivity index (χ0) is 31.3. The van der Waals surface area contributed by atoms with E-state index in [0.717, 1.165) is 33.2 Å². The van der Waals surface area contributed by atoms with Crippen molar-refractivity contribution in [3.63, 3.8) is 0 Å². The second-order valence-electron chi connectivity index (χ2n) is 11.7. The van der Waals surface area contributed by atoms with Crippen LogP contribution in [0.2, 0.25) is 0 Å². The maximum Gasteiger partial charge on any atom is 0.407 e. The molecule has 6 rings (SSSR count). The highest BCUT2D eigenvalue weighted by Crippen LogP contribution is 2.36. The average molecular weight is 588 g/mol.